The molecule has 0 bridgehead atoms. The van der Waals surface area contributed by atoms with Gasteiger partial charge in [0.05, 0.1) is 5.41 Å². The van der Waals surface area contributed by atoms with Crippen LogP contribution in [0.5, 0.6) is 0 Å². The van der Waals surface area contributed by atoms with Crippen molar-refractivity contribution in [3.63, 3.8) is 0 Å². The molecule has 0 amide bonds. The summed E-state index contributed by atoms with van der Waals surface area (Å²) < 4.78 is 0. The van der Waals surface area contributed by atoms with Crippen molar-refractivity contribution in [3.05, 3.63) is 0 Å². The third-order valence-corrected chi connectivity index (χ3v) is 4.59. The number of carbonyl (C=O) groups is 1. The Labute approximate surface area is 85.7 Å². The van der Waals surface area contributed by atoms with E-state index in [1.165, 1.54) is 6.42 Å². The smallest absolute Gasteiger partial charge is 0.309 e. The number of rotatable bonds is 2. The zero-order chi connectivity index (χ0) is 10.3. The molecule has 2 heteroatoms. The fourth-order valence-electron chi connectivity index (χ4n) is 2.98. The maximum absolute atomic E-state index is 11.2. The van der Waals surface area contributed by atoms with Gasteiger partial charge >= 0.3 is 5.97 Å². The molecule has 3 unspecified atom stereocenters. The molecular formula is C12H20O2. The normalized spacial score (nSPS) is 40.6. The van der Waals surface area contributed by atoms with E-state index in [9.17, 15) is 9.90 Å². The molecule has 0 aromatic rings. The van der Waals surface area contributed by atoms with Gasteiger partial charge in [-0.3, -0.25) is 4.79 Å². The minimum atomic E-state index is -0.538. The minimum Gasteiger partial charge on any atom is -0.481 e. The quantitative estimate of drug-likeness (QED) is 0.737. The van der Waals surface area contributed by atoms with Crippen molar-refractivity contribution < 1.29 is 9.90 Å². The minimum absolute atomic E-state index is 0.297. The summed E-state index contributed by atoms with van der Waals surface area (Å²) in [7, 11) is 0. The van der Waals surface area contributed by atoms with Gasteiger partial charge < -0.3 is 5.11 Å². The second-order valence-corrected chi connectivity index (χ2v) is 5.43. The van der Waals surface area contributed by atoms with E-state index in [0.717, 1.165) is 31.6 Å². The lowest BCUT2D eigenvalue weighted by atomic mass is 9.70. The average molecular weight is 196 g/mol. The highest BCUT2D eigenvalue weighted by Gasteiger charge is 2.56. The number of carboxylic acids is 1. The van der Waals surface area contributed by atoms with E-state index < -0.39 is 5.97 Å². The molecule has 0 aromatic carbocycles. The first-order valence-electron chi connectivity index (χ1n) is 5.79. The van der Waals surface area contributed by atoms with Gasteiger partial charge in [0, 0.05) is 0 Å². The molecule has 2 rings (SSSR count). The Morgan fingerprint density at radius 2 is 1.86 bits per heavy atom. The van der Waals surface area contributed by atoms with Gasteiger partial charge in [0.1, 0.15) is 0 Å². The molecule has 0 spiro atoms. The highest BCUT2D eigenvalue weighted by atomic mass is 16.4. The molecule has 0 aromatic heterocycles. The molecule has 1 N–H and O–H groups in total. The number of aliphatic carboxylic acids is 1. The summed E-state index contributed by atoms with van der Waals surface area (Å²) in [5.41, 5.74) is -0.297. The predicted octanol–water partition coefficient (Wildman–Crippen LogP) is 2.92. The molecule has 2 fully saturated rings. The van der Waals surface area contributed by atoms with Crippen LogP contribution < -0.4 is 0 Å². The second kappa shape index (κ2) is 3.25. The lowest BCUT2D eigenvalue weighted by Crippen LogP contribution is -2.31. The summed E-state index contributed by atoms with van der Waals surface area (Å²) in [5, 5.41) is 9.21. The fraction of sp³-hybridized carbons (Fsp3) is 0.917. The molecule has 80 valence electrons. The Balaban J connectivity index is 2.03. The molecule has 2 aliphatic rings. The summed E-state index contributed by atoms with van der Waals surface area (Å²) in [5.74, 6) is 1.43. The van der Waals surface area contributed by atoms with E-state index >= 15 is 0 Å². The van der Waals surface area contributed by atoms with Gasteiger partial charge in [-0.25, -0.2) is 0 Å². The van der Waals surface area contributed by atoms with Gasteiger partial charge in [0.2, 0.25) is 0 Å². The first kappa shape index (κ1) is 10.0. The molecule has 14 heavy (non-hydrogen) atoms. The third-order valence-electron chi connectivity index (χ3n) is 4.59. The molecule has 0 saturated heterocycles. The largest absolute Gasteiger partial charge is 0.481 e. The van der Waals surface area contributed by atoms with Crippen LogP contribution in [0, 0.1) is 23.2 Å². The molecule has 0 radical (unpaired) electrons. The lowest BCUT2D eigenvalue weighted by Gasteiger charge is -2.35. The van der Waals surface area contributed by atoms with Crippen molar-refractivity contribution in [2.24, 2.45) is 23.2 Å². The summed E-state index contributed by atoms with van der Waals surface area (Å²) in [6.45, 7) is 4.57. The van der Waals surface area contributed by atoms with Crippen molar-refractivity contribution in [3.8, 4) is 0 Å². The Kier molecular flexibility index (Phi) is 2.32. The summed E-state index contributed by atoms with van der Waals surface area (Å²) in [6, 6.07) is 0. The summed E-state index contributed by atoms with van der Waals surface area (Å²) >= 11 is 0. The van der Waals surface area contributed by atoms with Crippen molar-refractivity contribution in [1.82, 2.24) is 0 Å². The van der Waals surface area contributed by atoms with E-state index in [4.69, 9.17) is 0 Å². The average Bonchev–Trinajstić information content (AvgIpc) is 2.90. The Bertz CT molecular complexity index is 243. The lowest BCUT2D eigenvalue weighted by molar-refractivity contribution is -0.146. The van der Waals surface area contributed by atoms with Crippen LogP contribution >= 0.6 is 0 Å². The van der Waals surface area contributed by atoms with E-state index in [0.29, 0.717) is 11.8 Å². The van der Waals surface area contributed by atoms with Crippen LogP contribution in [0.4, 0.5) is 0 Å². The molecule has 2 aliphatic carbocycles. The SMILES string of the molecule is CC1CCC(C2(C(=O)O)CC2)CC1C. The molecule has 0 aliphatic heterocycles. The summed E-state index contributed by atoms with van der Waals surface area (Å²) in [6.07, 6.45) is 5.34. The molecule has 3 atom stereocenters. The molecule has 2 nitrogen and oxygen atoms in total. The van der Waals surface area contributed by atoms with Crippen molar-refractivity contribution >= 4 is 5.97 Å². The van der Waals surface area contributed by atoms with E-state index in [2.05, 4.69) is 13.8 Å². The standard InChI is InChI=1S/C12H20O2/c1-8-3-4-10(7-9(8)2)12(5-6-12)11(13)14/h8-10H,3-7H2,1-2H3,(H,13,14). The van der Waals surface area contributed by atoms with Crippen molar-refractivity contribution in [2.75, 3.05) is 0 Å². The van der Waals surface area contributed by atoms with Gasteiger partial charge in [0.15, 0.2) is 0 Å². The number of hydrogen-bond donors (Lipinski definition) is 1. The Morgan fingerprint density at radius 1 is 1.21 bits per heavy atom. The topological polar surface area (TPSA) is 37.3 Å². The molecule has 2 saturated carbocycles. The Hall–Kier alpha value is -0.530. The first-order chi connectivity index (χ1) is 6.56. The highest BCUT2D eigenvalue weighted by Crippen LogP contribution is 2.57. The highest BCUT2D eigenvalue weighted by molar-refractivity contribution is 5.78. The van der Waals surface area contributed by atoms with Crippen LogP contribution in [0.2, 0.25) is 0 Å². The van der Waals surface area contributed by atoms with Crippen LogP contribution in [-0.4, -0.2) is 11.1 Å². The zero-order valence-electron chi connectivity index (χ0n) is 9.12. The molecular weight excluding hydrogens is 176 g/mol. The van der Waals surface area contributed by atoms with Gasteiger partial charge in [-0.1, -0.05) is 20.3 Å². The van der Waals surface area contributed by atoms with Crippen molar-refractivity contribution in [1.29, 1.82) is 0 Å². The molecule has 0 heterocycles. The predicted molar refractivity (Wildman–Crippen MR) is 55.0 cm³/mol. The summed E-state index contributed by atoms with van der Waals surface area (Å²) in [4.78, 5) is 11.2. The van der Waals surface area contributed by atoms with Crippen LogP contribution in [-0.2, 0) is 4.79 Å². The van der Waals surface area contributed by atoms with E-state index in [-0.39, 0.29) is 5.41 Å². The second-order valence-electron chi connectivity index (χ2n) is 5.43. The Morgan fingerprint density at radius 3 is 2.29 bits per heavy atom. The number of hydrogen-bond acceptors (Lipinski definition) is 1. The van der Waals surface area contributed by atoms with Gasteiger partial charge in [-0.2, -0.15) is 0 Å². The van der Waals surface area contributed by atoms with Crippen molar-refractivity contribution in [2.45, 2.75) is 46.0 Å². The van der Waals surface area contributed by atoms with Crippen LogP contribution in [0.1, 0.15) is 46.0 Å². The monoisotopic (exact) mass is 196 g/mol. The third kappa shape index (κ3) is 1.45. The van der Waals surface area contributed by atoms with E-state index in [1.54, 1.807) is 0 Å². The van der Waals surface area contributed by atoms with E-state index in [1.807, 2.05) is 0 Å². The van der Waals surface area contributed by atoms with Crippen LogP contribution in [0.3, 0.4) is 0 Å². The van der Waals surface area contributed by atoms with Gasteiger partial charge in [0.25, 0.3) is 0 Å². The van der Waals surface area contributed by atoms with Crippen LogP contribution in [0.25, 0.3) is 0 Å². The van der Waals surface area contributed by atoms with Crippen LogP contribution in [0.15, 0.2) is 0 Å². The maximum atomic E-state index is 11.2. The first-order valence-corrected chi connectivity index (χ1v) is 5.79. The van der Waals surface area contributed by atoms with Gasteiger partial charge in [-0.05, 0) is 43.4 Å². The maximum Gasteiger partial charge on any atom is 0.309 e. The fourth-order valence-corrected chi connectivity index (χ4v) is 2.98. The number of carboxylic acid groups (broad SMARTS) is 1. The zero-order valence-corrected chi connectivity index (χ0v) is 9.12. The van der Waals surface area contributed by atoms with Gasteiger partial charge in [-0.15, -0.1) is 0 Å².